The number of rotatable bonds is 5. The second-order valence-electron chi connectivity index (χ2n) is 11.6. The van der Waals surface area contributed by atoms with Gasteiger partial charge in [-0.15, -0.1) is 10.2 Å². The molecule has 0 unspecified atom stereocenters. The van der Waals surface area contributed by atoms with Crippen LogP contribution in [0, 0.1) is 5.92 Å². The number of piperidine rings is 1. The third-order valence-electron chi connectivity index (χ3n) is 8.49. The lowest BCUT2D eigenvalue weighted by atomic mass is 9.61. The maximum Gasteiger partial charge on any atom is 0.418 e. The summed E-state index contributed by atoms with van der Waals surface area (Å²) in [4.78, 5) is 15.2. The van der Waals surface area contributed by atoms with Gasteiger partial charge < -0.3 is 4.57 Å². The fraction of sp³-hybridized carbons (Fsp3) is 0.464. The van der Waals surface area contributed by atoms with Crippen LogP contribution in [0.1, 0.15) is 48.7 Å². The largest absolute Gasteiger partial charge is 0.418 e. The zero-order chi connectivity index (χ0) is 30.2. The van der Waals surface area contributed by atoms with Gasteiger partial charge in [-0.05, 0) is 29.3 Å². The van der Waals surface area contributed by atoms with Crippen LogP contribution >= 0.6 is 0 Å². The minimum Gasteiger partial charge on any atom is -0.320 e. The van der Waals surface area contributed by atoms with Gasteiger partial charge in [0, 0.05) is 64.3 Å². The van der Waals surface area contributed by atoms with Gasteiger partial charge in [0.25, 0.3) is 11.8 Å². The van der Waals surface area contributed by atoms with Crippen molar-refractivity contribution in [1.29, 1.82) is 0 Å². The zero-order valence-electron chi connectivity index (χ0n) is 22.7. The van der Waals surface area contributed by atoms with E-state index in [2.05, 4.69) is 10.2 Å². The molecule has 0 N–H and O–H groups in total. The molecule has 42 heavy (non-hydrogen) atoms. The molecule has 1 saturated carbocycles. The number of halogens is 7. The highest BCUT2D eigenvalue weighted by Crippen LogP contribution is 2.56. The molecule has 2 aliphatic rings. The van der Waals surface area contributed by atoms with Crippen molar-refractivity contribution >= 4 is 5.52 Å². The third-order valence-corrected chi connectivity index (χ3v) is 8.49. The van der Waals surface area contributed by atoms with Gasteiger partial charge in [-0.1, -0.05) is 19.1 Å². The van der Waals surface area contributed by atoms with Crippen molar-refractivity contribution in [3.05, 3.63) is 82.1 Å². The van der Waals surface area contributed by atoms with Gasteiger partial charge in [0.1, 0.15) is 12.2 Å². The van der Waals surface area contributed by atoms with E-state index in [0.717, 1.165) is 21.2 Å². The van der Waals surface area contributed by atoms with E-state index in [1.54, 1.807) is 28.6 Å². The fourth-order valence-electron chi connectivity index (χ4n) is 6.30. The number of pyridine rings is 1. The minimum absolute atomic E-state index is 0.00140. The Morgan fingerprint density at radius 2 is 1.81 bits per heavy atom. The van der Waals surface area contributed by atoms with Crippen LogP contribution in [0.25, 0.3) is 11.2 Å². The number of hydrogen-bond donors (Lipinski definition) is 0. The van der Waals surface area contributed by atoms with Crippen LogP contribution in [0.2, 0.25) is 0 Å². The predicted molar refractivity (Wildman–Crippen MR) is 138 cm³/mol. The second-order valence-corrected chi connectivity index (χ2v) is 11.6. The van der Waals surface area contributed by atoms with E-state index in [1.807, 2.05) is 0 Å². The monoisotopic (exact) mass is 596 g/mol. The first kappa shape index (κ1) is 28.4. The van der Waals surface area contributed by atoms with Crippen LogP contribution in [0.3, 0.4) is 0 Å². The molecule has 0 amide bonds. The number of fused-ring (bicyclic) bond motifs is 1. The molecule has 1 aliphatic carbocycles. The molecule has 1 saturated heterocycles. The summed E-state index contributed by atoms with van der Waals surface area (Å²) < 4.78 is 102. The van der Waals surface area contributed by atoms with Crippen molar-refractivity contribution in [1.82, 2.24) is 28.6 Å². The lowest BCUT2D eigenvalue weighted by Crippen LogP contribution is -2.51. The molecular weight excluding hydrogens is 569 g/mol. The van der Waals surface area contributed by atoms with Crippen molar-refractivity contribution in [3.8, 4) is 5.69 Å². The van der Waals surface area contributed by atoms with Gasteiger partial charge in [0.05, 0.1) is 22.2 Å². The molecular formula is C28H27F7N6O. The average Bonchev–Trinajstić information content (AvgIpc) is 3.47. The van der Waals surface area contributed by atoms with Gasteiger partial charge in [0.15, 0.2) is 0 Å². The van der Waals surface area contributed by atoms with E-state index in [-0.39, 0.29) is 30.9 Å². The quantitative estimate of drug-likeness (QED) is 0.289. The predicted octanol–water partition coefficient (Wildman–Crippen LogP) is 5.43. The number of likely N-dealkylation sites (tertiary alicyclic amines) is 1. The van der Waals surface area contributed by atoms with Crippen molar-refractivity contribution in [2.45, 2.75) is 56.2 Å². The van der Waals surface area contributed by atoms with E-state index in [1.165, 1.54) is 31.6 Å². The number of aromatic nitrogens is 5. The Morgan fingerprint density at radius 3 is 2.43 bits per heavy atom. The lowest BCUT2D eigenvalue weighted by molar-refractivity contribution is -0.136. The molecule has 4 heterocycles. The molecule has 224 valence electrons. The van der Waals surface area contributed by atoms with E-state index in [4.69, 9.17) is 0 Å². The lowest BCUT2D eigenvalue weighted by Gasteiger charge is -2.46. The normalized spacial score (nSPS) is 21.9. The highest BCUT2D eigenvalue weighted by molar-refractivity contribution is 5.58. The highest BCUT2D eigenvalue weighted by atomic mass is 19.4. The smallest absolute Gasteiger partial charge is 0.320 e. The molecule has 0 spiro atoms. The summed E-state index contributed by atoms with van der Waals surface area (Å²) in [6.45, 7) is 1.36. The van der Waals surface area contributed by atoms with Crippen LogP contribution < -0.4 is 5.69 Å². The van der Waals surface area contributed by atoms with Crippen molar-refractivity contribution in [3.63, 3.8) is 0 Å². The summed E-state index contributed by atoms with van der Waals surface area (Å²) in [5, 5.41) is 7.87. The van der Waals surface area contributed by atoms with Crippen molar-refractivity contribution in [2.75, 3.05) is 13.1 Å². The van der Waals surface area contributed by atoms with Crippen LogP contribution in [0.4, 0.5) is 30.7 Å². The Balaban J connectivity index is 1.42. The van der Waals surface area contributed by atoms with E-state index < -0.39 is 65.4 Å². The molecule has 6 rings (SSSR count). The number of imidazole rings is 1. The number of alkyl halides is 7. The molecule has 1 atom stereocenters. The standard InChI is InChI=1S/C28H27F7N6O/c1-17-10-39(7-6-27(17,31)32)11-18-8-21(28(33,34)35)22-13-40(24(42)41(22)12-18)20-5-3-4-19(9-20)25(14-26(29,30)15-25)23-37-36-16-38(23)2/h3-5,8-9,12-13,16-17H,6-7,10-11,14-15H2,1-2H3/t17-/m1/s1. The summed E-state index contributed by atoms with van der Waals surface area (Å²) in [6, 6.07) is 7.13. The summed E-state index contributed by atoms with van der Waals surface area (Å²) in [7, 11) is 1.63. The average molecular weight is 597 g/mol. The van der Waals surface area contributed by atoms with E-state index in [0.29, 0.717) is 11.4 Å². The summed E-state index contributed by atoms with van der Waals surface area (Å²) in [5.74, 6) is -6.44. The van der Waals surface area contributed by atoms with Gasteiger partial charge in [-0.25, -0.2) is 22.4 Å². The molecule has 1 aliphatic heterocycles. The van der Waals surface area contributed by atoms with Crippen molar-refractivity contribution < 1.29 is 30.7 Å². The van der Waals surface area contributed by atoms with Gasteiger partial charge in [-0.3, -0.25) is 13.9 Å². The SMILES string of the molecule is C[C@@H]1CN(Cc2cc(C(F)(F)F)c3cn(-c4cccc(C5(c6nncn6C)CC(F)(F)C5)c4)c(=O)n3c2)CCC1(F)F. The third kappa shape index (κ3) is 4.69. The Kier molecular flexibility index (Phi) is 6.37. The van der Waals surface area contributed by atoms with Gasteiger partial charge in [0.2, 0.25) is 0 Å². The number of nitrogens with zero attached hydrogens (tertiary/aromatic N) is 6. The second kappa shape index (κ2) is 9.41. The van der Waals surface area contributed by atoms with Crippen LogP contribution in [-0.2, 0) is 25.2 Å². The molecule has 2 fully saturated rings. The Labute approximate surface area is 235 Å². The van der Waals surface area contributed by atoms with Crippen LogP contribution in [-0.4, -0.2) is 53.6 Å². The van der Waals surface area contributed by atoms with Crippen LogP contribution in [0.15, 0.2) is 53.8 Å². The Bertz CT molecular complexity index is 1710. The van der Waals surface area contributed by atoms with E-state index >= 15 is 0 Å². The summed E-state index contributed by atoms with van der Waals surface area (Å²) >= 11 is 0. The Hall–Kier alpha value is -3.68. The van der Waals surface area contributed by atoms with Crippen LogP contribution in [0.5, 0.6) is 0 Å². The number of aryl methyl sites for hydroxylation is 1. The number of benzene rings is 1. The molecule has 0 bridgehead atoms. The minimum atomic E-state index is -4.81. The molecule has 3 aromatic heterocycles. The summed E-state index contributed by atoms with van der Waals surface area (Å²) in [5.41, 5.74) is -2.65. The highest BCUT2D eigenvalue weighted by Gasteiger charge is 2.60. The molecule has 0 radical (unpaired) electrons. The first-order valence-electron chi connectivity index (χ1n) is 13.4. The molecule has 7 nitrogen and oxygen atoms in total. The molecule has 1 aromatic carbocycles. The maximum atomic E-state index is 14.2. The summed E-state index contributed by atoms with van der Waals surface area (Å²) in [6.07, 6.45) is -2.53. The molecule has 14 heteroatoms. The van der Waals surface area contributed by atoms with Gasteiger partial charge in [-0.2, -0.15) is 13.2 Å². The Morgan fingerprint density at radius 1 is 1.07 bits per heavy atom. The fourth-order valence-corrected chi connectivity index (χ4v) is 6.30. The van der Waals surface area contributed by atoms with Crippen molar-refractivity contribution in [2.24, 2.45) is 13.0 Å². The molecule has 4 aromatic rings. The first-order valence-corrected chi connectivity index (χ1v) is 13.4. The topological polar surface area (TPSA) is 60.4 Å². The van der Waals surface area contributed by atoms with E-state index in [9.17, 15) is 35.5 Å². The zero-order valence-corrected chi connectivity index (χ0v) is 22.7. The maximum absolute atomic E-state index is 14.2. The van der Waals surface area contributed by atoms with Gasteiger partial charge >= 0.3 is 11.9 Å². The number of hydrogen-bond acceptors (Lipinski definition) is 4. The first-order chi connectivity index (χ1) is 19.6.